The van der Waals surface area contributed by atoms with Gasteiger partial charge in [0.2, 0.25) is 0 Å². The Morgan fingerprint density at radius 3 is 2.56 bits per heavy atom. The van der Waals surface area contributed by atoms with E-state index in [0.29, 0.717) is 17.3 Å². The van der Waals surface area contributed by atoms with Gasteiger partial charge in [0.15, 0.2) is 11.5 Å². The first-order valence-electron chi connectivity index (χ1n) is 8.84. The highest BCUT2D eigenvalue weighted by molar-refractivity contribution is 5.93. The first-order chi connectivity index (χ1) is 13.3. The Kier molecular flexibility index (Phi) is 5.04. The van der Waals surface area contributed by atoms with Gasteiger partial charge in [-0.05, 0) is 23.8 Å². The zero-order valence-electron chi connectivity index (χ0n) is 15.4. The van der Waals surface area contributed by atoms with E-state index in [1.807, 2.05) is 24.3 Å². The molecule has 1 atom stereocenters. The minimum atomic E-state index is 0.101. The minimum absolute atomic E-state index is 0.101. The van der Waals surface area contributed by atoms with Crippen molar-refractivity contribution < 1.29 is 14.2 Å². The van der Waals surface area contributed by atoms with Gasteiger partial charge >= 0.3 is 0 Å². The maximum atomic E-state index is 5.80. The number of methoxy groups -OCH3 is 2. The van der Waals surface area contributed by atoms with Gasteiger partial charge in [0.05, 0.1) is 32.4 Å². The number of anilines is 2. The van der Waals surface area contributed by atoms with Crippen LogP contribution in [-0.2, 0) is 4.74 Å². The highest BCUT2D eigenvalue weighted by atomic mass is 16.5. The molecule has 0 aliphatic carbocycles. The van der Waals surface area contributed by atoms with Crippen LogP contribution < -0.4 is 20.1 Å². The Labute approximate surface area is 157 Å². The largest absolute Gasteiger partial charge is 0.493 e. The number of morpholine rings is 1. The van der Waals surface area contributed by atoms with E-state index in [4.69, 9.17) is 14.2 Å². The van der Waals surface area contributed by atoms with Gasteiger partial charge in [0.1, 0.15) is 12.1 Å². The molecule has 1 aromatic heterocycles. The molecule has 1 fully saturated rings. The highest BCUT2D eigenvalue weighted by Crippen LogP contribution is 2.34. The number of benzene rings is 2. The fourth-order valence-corrected chi connectivity index (χ4v) is 3.18. The summed E-state index contributed by atoms with van der Waals surface area (Å²) in [6.45, 7) is 2.49. The second-order valence-corrected chi connectivity index (χ2v) is 6.26. The third-order valence-electron chi connectivity index (χ3n) is 4.61. The van der Waals surface area contributed by atoms with Gasteiger partial charge in [-0.15, -0.1) is 0 Å². The predicted molar refractivity (Wildman–Crippen MR) is 104 cm³/mol. The lowest BCUT2D eigenvalue weighted by Gasteiger charge is -2.24. The highest BCUT2D eigenvalue weighted by Gasteiger charge is 2.15. The monoisotopic (exact) mass is 366 g/mol. The number of hydrogen-bond donors (Lipinski definition) is 2. The summed E-state index contributed by atoms with van der Waals surface area (Å²) < 4.78 is 16.6. The summed E-state index contributed by atoms with van der Waals surface area (Å²) in [5, 5.41) is 7.57. The Bertz CT molecular complexity index is 924. The summed E-state index contributed by atoms with van der Waals surface area (Å²) in [5.41, 5.74) is 2.88. The lowest BCUT2D eigenvalue weighted by Crippen LogP contribution is -2.33. The van der Waals surface area contributed by atoms with Crippen LogP contribution in [-0.4, -0.2) is 43.9 Å². The van der Waals surface area contributed by atoms with E-state index >= 15 is 0 Å². The third kappa shape index (κ3) is 3.65. The summed E-state index contributed by atoms with van der Waals surface area (Å²) in [6.07, 6.45) is 1.64. The second-order valence-electron chi connectivity index (χ2n) is 6.26. The smallest absolute Gasteiger partial charge is 0.162 e. The van der Waals surface area contributed by atoms with Crippen molar-refractivity contribution in [2.45, 2.75) is 6.10 Å². The quantitative estimate of drug-likeness (QED) is 0.718. The maximum Gasteiger partial charge on any atom is 0.162 e. The third-order valence-corrected chi connectivity index (χ3v) is 4.61. The van der Waals surface area contributed by atoms with E-state index in [-0.39, 0.29) is 6.10 Å². The van der Waals surface area contributed by atoms with E-state index in [9.17, 15) is 0 Å². The fourth-order valence-electron chi connectivity index (χ4n) is 3.18. The number of nitrogens with zero attached hydrogens (tertiary/aromatic N) is 2. The molecule has 0 spiro atoms. The molecular weight excluding hydrogens is 344 g/mol. The first-order valence-corrected chi connectivity index (χ1v) is 8.84. The summed E-state index contributed by atoms with van der Waals surface area (Å²) in [5.74, 6) is 1.99. The Balaban J connectivity index is 1.61. The molecule has 0 radical (unpaired) electrons. The zero-order valence-corrected chi connectivity index (χ0v) is 15.4. The first kappa shape index (κ1) is 17.5. The summed E-state index contributed by atoms with van der Waals surface area (Å²) in [7, 11) is 3.22. The molecule has 2 N–H and O–H groups in total. The van der Waals surface area contributed by atoms with Crippen LogP contribution in [0.25, 0.3) is 10.9 Å². The molecule has 0 saturated carbocycles. The van der Waals surface area contributed by atoms with Gasteiger partial charge in [0.25, 0.3) is 0 Å². The topological polar surface area (TPSA) is 77.5 Å². The van der Waals surface area contributed by atoms with E-state index in [1.165, 1.54) is 6.33 Å². The van der Waals surface area contributed by atoms with Gasteiger partial charge in [-0.25, -0.2) is 9.97 Å². The number of nitrogens with one attached hydrogen (secondary N) is 2. The number of rotatable bonds is 5. The van der Waals surface area contributed by atoms with Crippen molar-refractivity contribution in [2.24, 2.45) is 0 Å². The number of aromatic nitrogens is 2. The fraction of sp³-hybridized carbons (Fsp3) is 0.300. The molecule has 1 aliphatic rings. The van der Waals surface area contributed by atoms with Crippen molar-refractivity contribution in [3.05, 3.63) is 48.3 Å². The predicted octanol–water partition coefficient (Wildman–Crippen LogP) is 3.05. The van der Waals surface area contributed by atoms with Gasteiger partial charge < -0.3 is 24.8 Å². The van der Waals surface area contributed by atoms with Crippen LogP contribution in [0, 0.1) is 0 Å². The van der Waals surface area contributed by atoms with Gasteiger partial charge in [-0.1, -0.05) is 12.1 Å². The molecule has 1 aliphatic heterocycles. The Morgan fingerprint density at radius 1 is 1.07 bits per heavy atom. The van der Waals surface area contributed by atoms with E-state index in [0.717, 1.165) is 41.9 Å². The van der Waals surface area contributed by atoms with Crippen molar-refractivity contribution in [2.75, 3.05) is 39.2 Å². The zero-order chi connectivity index (χ0) is 18.6. The summed E-state index contributed by atoms with van der Waals surface area (Å²) >= 11 is 0. The Hall–Kier alpha value is -2.90. The molecule has 7 heteroatoms. The van der Waals surface area contributed by atoms with Crippen LogP contribution in [0.15, 0.2) is 42.7 Å². The molecule has 0 amide bonds. The molecule has 27 heavy (non-hydrogen) atoms. The van der Waals surface area contributed by atoms with Crippen molar-refractivity contribution in [3.63, 3.8) is 0 Å². The van der Waals surface area contributed by atoms with Crippen LogP contribution in [0.3, 0.4) is 0 Å². The van der Waals surface area contributed by atoms with Gasteiger partial charge in [-0.3, -0.25) is 0 Å². The van der Waals surface area contributed by atoms with Crippen molar-refractivity contribution >= 4 is 22.4 Å². The van der Waals surface area contributed by atoms with E-state index in [1.54, 1.807) is 14.2 Å². The molecule has 1 unspecified atom stereocenters. The average molecular weight is 366 g/mol. The van der Waals surface area contributed by atoms with Crippen molar-refractivity contribution in [1.82, 2.24) is 15.3 Å². The minimum Gasteiger partial charge on any atom is -0.493 e. The SMILES string of the molecule is COc1cc2ncnc(Nc3ccc(C4CNCCO4)cc3)c2cc1OC. The van der Waals surface area contributed by atoms with Crippen molar-refractivity contribution in [3.8, 4) is 11.5 Å². The van der Waals surface area contributed by atoms with Gasteiger partial charge in [-0.2, -0.15) is 0 Å². The van der Waals surface area contributed by atoms with Crippen LogP contribution in [0.5, 0.6) is 11.5 Å². The standard InChI is InChI=1S/C20H22N4O3/c1-25-17-9-15-16(10-18(17)26-2)22-12-23-20(15)24-14-5-3-13(4-6-14)19-11-21-7-8-27-19/h3-6,9-10,12,19,21H,7-8,11H2,1-2H3,(H,22,23,24). The summed E-state index contributed by atoms with van der Waals surface area (Å²) in [6, 6.07) is 11.9. The average Bonchev–Trinajstić information content (AvgIpc) is 2.74. The molecule has 0 bridgehead atoms. The number of fused-ring (bicyclic) bond motifs is 1. The van der Waals surface area contributed by atoms with Crippen LogP contribution in [0.2, 0.25) is 0 Å². The lowest BCUT2D eigenvalue weighted by molar-refractivity contribution is 0.0277. The van der Waals surface area contributed by atoms with Crippen LogP contribution in [0.4, 0.5) is 11.5 Å². The van der Waals surface area contributed by atoms with E-state index < -0.39 is 0 Å². The number of ether oxygens (including phenoxy) is 3. The number of hydrogen-bond acceptors (Lipinski definition) is 7. The normalized spacial score (nSPS) is 16.9. The summed E-state index contributed by atoms with van der Waals surface area (Å²) in [4.78, 5) is 8.72. The Morgan fingerprint density at radius 2 is 1.85 bits per heavy atom. The van der Waals surface area contributed by atoms with Crippen LogP contribution >= 0.6 is 0 Å². The van der Waals surface area contributed by atoms with Gasteiger partial charge in [0, 0.05) is 30.2 Å². The lowest BCUT2D eigenvalue weighted by atomic mass is 10.1. The van der Waals surface area contributed by atoms with E-state index in [2.05, 4.69) is 32.7 Å². The second kappa shape index (κ2) is 7.77. The molecule has 1 saturated heterocycles. The molecule has 3 aromatic rings. The van der Waals surface area contributed by atoms with Crippen LogP contribution in [0.1, 0.15) is 11.7 Å². The molecule has 7 nitrogen and oxygen atoms in total. The maximum absolute atomic E-state index is 5.80. The molecule has 140 valence electrons. The molecule has 2 heterocycles. The van der Waals surface area contributed by atoms with Crippen molar-refractivity contribution in [1.29, 1.82) is 0 Å². The molecule has 2 aromatic carbocycles. The molecular formula is C20H22N4O3. The molecule has 4 rings (SSSR count).